The molecule has 0 unspecified atom stereocenters. The van der Waals surface area contributed by atoms with Crippen molar-refractivity contribution in [1.82, 2.24) is 0 Å². The van der Waals surface area contributed by atoms with Crippen LogP contribution in [0, 0.1) is 20.8 Å². The molecule has 1 aromatic carbocycles. The summed E-state index contributed by atoms with van der Waals surface area (Å²) in [5.41, 5.74) is 4.66. The fourth-order valence-corrected chi connectivity index (χ4v) is 2.16. The van der Waals surface area contributed by atoms with Crippen LogP contribution in [0.1, 0.15) is 28.5 Å². The highest BCUT2D eigenvalue weighted by Gasteiger charge is 2.24. The van der Waals surface area contributed by atoms with Gasteiger partial charge in [-0.05, 0) is 43.5 Å². The van der Waals surface area contributed by atoms with Crippen molar-refractivity contribution in [3.8, 4) is 5.75 Å². The van der Waals surface area contributed by atoms with E-state index in [1.54, 1.807) is 7.11 Å². The minimum absolute atomic E-state index is 0.204. The van der Waals surface area contributed by atoms with Gasteiger partial charge in [0.2, 0.25) is 0 Å². The lowest BCUT2D eigenvalue weighted by Gasteiger charge is -2.19. The van der Waals surface area contributed by atoms with E-state index in [-0.39, 0.29) is 6.29 Å². The summed E-state index contributed by atoms with van der Waals surface area (Å²) in [6.07, 6.45) is -0.204. The van der Waals surface area contributed by atoms with Gasteiger partial charge < -0.3 is 14.2 Å². The molecule has 1 aromatic rings. The van der Waals surface area contributed by atoms with E-state index in [1.165, 1.54) is 5.56 Å². The zero-order valence-electron chi connectivity index (χ0n) is 10.3. The summed E-state index contributed by atoms with van der Waals surface area (Å²) in [5, 5.41) is 0. The Labute approximate surface area is 96.3 Å². The summed E-state index contributed by atoms with van der Waals surface area (Å²) < 4.78 is 16.5. The zero-order chi connectivity index (χ0) is 11.7. The maximum Gasteiger partial charge on any atom is 0.184 e. The van der Waals surface area contributed by atoms with Crippen molar-refractivity contribution >= 4 is 0 Å². The third-order valence-corrected chi connectivity index (χ3v) is 3.19. The van der Waals surface area contributed by atoms with Crippen LogP contribution in [-0.2, 0) is 9.47 Å². The topological polar surface area (TPSA) is 27.7 Å². The van der Waals surface area contributed by atoms with E-state index in [0.29, 0.717) is 13.2 Å². The van der Waals surface area contributed by atoms with Crippen molar-refractivity contribution in [3.05, 3.63) is 28.3 Å². The van der Waals surface area contributed by atoms with Crippen molar-refractivity contribution in [2.24, 2.45) is 0 Å². The van der Waals surface area contributed by atoms with Crippen molar-refractivity contribution in [2.45, 2.75) is 27.1 Å². The lowest BCUT2D eigenvalue weighted by atomic mass is 9.97. The lowest BCUT2D eigenvalue weighted by molar-refractivity contribution is -0.0450. The molecule has 0 amide bonds. The van der Waals surface area contributed by atoms with Crippen molar-refractivity contribution in [3.63, 3.8) is 0 Å². The molecule has 0 aromatic heterocycles. The number of ether oxygens (including phenoxy) is 3. The van der Waals surface area contributed by atoms with Crippen LogP contribution in [0.15, 0.2) is 6.07 Å². The van der Waals surface area contributed by atoms with Gasteiger partial charge in [0, 0.05) is 5.56 Å². The number of benzene rings is 1. The second kappa shape index (κ2) is 4.44. The van der Waals surface area contributed by atoms with Gasteiger partial charge in [0.15, 0.2) is 6.29 Å². The molecule has 0 saturated carbocycles. The maximum absolute atomic E-state index is 5.57. The molecule has 88 valence electrons. The fraction of sp³-hybridized carbons (Fsp3) is 0.538. The van der Waals surface area contributed by atoms with E-state index >= 15 is 0 Å². The van der Waals surface area contributed by atoms with Gasteiger partial charge in [0.25, 0.3) is 0 Å². The van der Waals surface area contributed by atoms with E-state index in [0.717, 1.165) is 22.4 Å². The highest BCUT2D eigenvalue weighted by molar-refractivity contribution is 5.48. The van der Waals surface area contributed by atoms with E-state index in [4.69, 9.17) is 14.2 Å². The summed E-state index contributed by atoms with van der Waals surface area (Å²) in [7, 11) is 1.70. The summed E-state index contributed by atoms with van der Waals surface area (Å²) in [6, 6.07) is 2.04. The first-order valence-corrected chi connectivity index (χ1v) is 5.53. The Kier molecular flexibility index (Phi) is 3.17. The van der Waals surface area contributed by atoms with Gasteiger partial charge in [-0.2, -0.15) is 0 Å². The van der Waals surface area contributed by atoms with Gasteiger partial charge in [-0.3, -0.25) is 0 Å². The van der Waals surface area contributed by atoms with Crippen molar-refractivity contribution in [1.29, 1.82) is 0 Å². The molecule has 3 heteroatoms. The molecular weight excluding hydrogens is 204 g/mol. The molecule has 0 radical (unpaired) electrons. The molecule has 1 aliphatic heterocycles. The molecule has 1 aliphatic rings. The molecule has 0 bridgehead atoms. The van der Waals surface area contributed by atoms with Crippen LogP contribution in [0.5, 0.6) is 5.75 Å². The Morgan fingerprint density at radius 3 is 2.31 bits per heavy atom. The van der Waals surface area contributed by atoms with Crippen LogP contribution in [0.25, 0.3) is 0 Å². The van der Waals surface area contributed by atoms with Gasteiger partial charge in [0.1, 0.15) is 5.75 Å². The van der Waals surface area contributed by atoms with E-state index in [1.807, 2.05) is 6.07 Å². The van der Waals surface area contributed by atoms with Gasteiger partial charge in [-0.15, -0.1) is 0 Å². The Hall–Kier alpha value is -1.06. The second-order valence-electron chi connectivity index (χ2n) is 4.13. The predicted molar refractivity (Wildman–Crippen MR) is 61.9 cm³/mol. The molecule has 0 spiro atoms. The van der Waals surface area contributed by atoms with Gasteiger partial charge in [-0.25, -0.2) is 0 Å². The number of hydrogen-bond acceptors (Lipinski definition) is 3. The van der Waals surface area contributed by atoms with Crippen LogP contribution in [0.4, 0.5) is 0 Å². The Balaban J connectivity index is 2.48. The largest absolute Gasteiger partial charge is 0.496 e. The van der Waals surface area contributed by atoms with Crippen LogP contribution in [0.2, 0.25) is 0 Å². The number of aryl methyl sites for hydroxylation is 1. The molecule has 1 heterocycles. The summed E-state index contributed by atoms with van der Waals surface area (Å²) in [4.78, 5) is 0. The molecule has 2 rings (SSSR count). The molecule has 3 nitrogen and oxygen atoms in total. The predicted octanol–water partition coefficient (Wildman–Crippen LogP) is 2.67. The number of methoxy groups -OCH3 is 1. The van der Waals surface area contributed by atoms with Crippen LogP contribution < -0.4 is 4.74 Å². The summed E-state index contributed by atoms with van der Waals surface area (Å²) in [5.74, 6) is 0.928. The minimum Gasteiger partial charge on any atom is -0.496 e. The number of hydrogen-bond donors (Lipinski definition) is 0. The van der Waals surface area contributed by atoms with Crippen LogP contribution in [-0.4, -0.2) is 20.3 Å². The first-order valence-electron chi connectivity index (χ1n) is 5.53. The van der Waals surface area contributed by atoms with Gasteiger partial charge in [-0.1, -0.05) is 0 Å². The Morgan fingerprint density at radius 1 is 1.12 bits per heavy atom. The van der Waals surface area contributed by atoms with E-state index in [9.17, 15) is 0 Å². The molecule has 1 fully saturated rings. The van der Waals surface area contributed by atoms with Crippen LogP contribution in [0.3, 0.4) is 0 Å². The molecule has 16 heavy (non-hydrogen) atoms. The zero-order valence-corrected chi connectivity index (χ0v) is 10.3. The Bertz CT molecular complexity index is 393. The third kappa shape index (κ3) is 1.81. The molecular formula is C13H18O3. The Morgan fingerprint density at radius 2 is 1.75 bits per heavy atom. The highest BCUT2D eigenvalue weighted by atomic mass is 16.7. The van der Waals surface area contributed by atoms with E-state index < -0.39 is 0 Å². The standard InChI is InChI=1S/C13H18O3/c1-8-7-11(14-4)9(2)10(3)12(8)13-15-5-6-16-13/h7,13H,5-6H2,1-4H3. The minimum atomic E-state index is -0.204. The SMILES string of the molecule is COc1cc(C)c(C2OCCO2)c(C)c1C. The highest BCUT2D eigenvalue weighted by Crippen LogP contribution is 2.34. The van der Waals surface area contributed by atoms with Crippen molar-refractivity contribution < 1.29 is 14.2 Å². The monoisotopic (exact) mass is 222 g/mol. The first-order chi connectivity index (χ1) is 7.65. The summed E-state index contributed by atoms with van der Waals surface area (Å²) >= 11 is 0. The summed E-state index contributed by atoms with van der Waals surface area (Å²) in [6.45, 7) is 7.57. The fourth-order valence-electron chi connectivity index (χ4n) is 2.16. The third-order valence-electron chi connectivity index (χ3n) is 3.19. The number of rotatable bonds is 2. The quantitative estimate of drug-likeness (QED) is 0.770. The maximum atomic E-state index is 5.57. The van der Waals surface area contributed by atoms with Gasteiger partial charge in [0.05, 0.1) is 20.3 Å². The van der Waals surface area contributed by atoms with Gasteiger partial charge >= 0.3 is 0 Å². The van der Waals surface area contributed by atoms with E-state index in [2.05, 4.69) is 20.8 Å². The van der Waals surface area contributed by atoms with Crippen molar-refractivity contribution in [2.75, 3.05) is 20.3 Å². The molecule has 0 atom stereocenters. The normalized spacial score (nSPS) is 16.8. The first kappa shape index (κ1) is 11.4. The molecule has 0 aliphatic carbocycles. The lowest BCUT2D eigenvalue weighted by Crippen LogP contribution is -2.06. The average Bonchev–Trinajstić information content (AvgIpc) is 2.77. The smallest absolute Gasteiger partial charge is 0.184 e. The molecule has 0 N–H and O–H groups in total. The second-order valence-corrected chi connectivity index (χ2v) is 4.13. The average molecular weight is 222 g/mol. The van der Waals surface area contributed by atoms with Crippen LogP contribution >= 0.6 is 0 Å². The molecule has 1 saturated heterocycles.